The standard InChI is InChI=1S/C8H5BrClF2NO2/c9-6-3(8(14)15)2-13-4(1-10)5(6)7(11)12/h2,7H,1H2,(H,14,15). The molecular formula is C8H5BrClF2NO2. The smallest absolute Gasteiger partial charge is 0.338 e. The predicted molar refractivity (Wildman–Crippen MR) is 53.4 cm³/mol. The van der Waals surface area contributed by atoms with Crippen LogP contribution in [0.5, 0.6) is 0 Å². The second kappa shape index (κ2) is 4.85. The van der Waals surface area contributed by atoms with E-state index in [9.17, 15) is 13.6 Å². The van der Waals surface area contributed by atoms with E-state index in [1.54, 1.807) is 0 Å². The number of hydrogen-bond donors (Lipinski definition) is 1. The van der Waals surface area contributed by atoms with E-state index in [1.807, 2.05) is 0 Å². The average Bonchev–Trinajstić information content (AvgIpc) is 2.15. The summed E-state index contributed by atoms with van der Waals surface area (Å²) < 4.78 is 25.0. The quantitative estimate of drug-likeness (QED) is 0.872. The van der Waals surface area contributed by atoms with Gasteiger partial charge in [0.2, 0.25) is 0 Å². The number of carboxylic acid groups (broad SMARTS) is 1. The number of halogens is 4. The van der Waals surface area contributed by atoms with Crippen molar-refractivity contribution in [1.82, 2.24) is 4.98 Å². The molecule has 0 saturated heterocycles. The second-order valence-corrected chi connectivity index (χ2v) is 3.65. The fourth-order valence-corrected chi connectivity index (χ4v) is 1.90. The third kappa shape index (κ3) is 2.43. The number of alkyl halides is 3. The van der Waals surface area contributed by atoms with Gasteiger partial charge in [-0.05, 0) is 15.9 Å². The van der Waals surface area contributed by atoms with Crippen molar-refractivity contribution in [2.45, 2.75) is 12.3 Å². The van der Waals surface area contributed by atoms with E-state index in [4.69, 9.17) is 16.7 Å². The first-order valence-electron chi connectivity index (χ1n) is 3.73. The summed E-state index contributed by atoms with van der Waals surface area (Å²) in [7, 11) is 0. The van der Waals surface area contributed by atoms with Crippen LogP contribution < -0.4 is 0 Å². The van der Waals surface area contributed by atoms with Crippen molar-refractivity contribution in [2.24, 2.45) is 0 Å². The highest BCUT2D eigenvalue weighted by molar-refractivity contribution is 9.10. The molecule has 1 heterocycles. The van der Waals surface area contributed by atoms with E-state index < -0.39 is 18.0 Å². The van der Waals surface area contributed by atoms with Gasteiger partial charge in [-0.1, -0.05) is 0 Å². The molecule has 0 fully saturated rings. The maximum Gasteiger partial charge on any atom is 0.338 e. The van der Waals surface area contributed by atoms with Crippen molar-refractivity contribution in [3.63, 3.8) is 0 Å². The van der Waals surface area contributed by atoms with Crippen LogP contribution in [-0.4, -0.2) is 16.1 Å². The number of pyridine rings is 1. The Kier molecular flexibility index (Phi) is 3.98. The van der Waals surface area contributed by atoms with Gasteiger partial charge in [0.15, 0.2) is 0 Å². The highest BCUT2D eigenvalue weighted by atomic mass is 79.9. The molecule has 1 rings (SSSR count). The minimum Gasteiger partial charge on any atom is -0.478 e. The summed E-state index contributed by atoms with van der Waals surface area (Å²) in [4.78, 5) is 14.2. The lowest BCUT2D eigenvalue weighted by Gasteiger charge is -2.09. The lowest BCUT2D eigenvalue weighted by atomic mass is 10.1. The molecule has 0 aliphatic heterocycles. The number of rotatable bonds is 3. The van der Waals surface area contributed by atoms with E-state index in [0.717, 1.165) is 6.20 Å². The van der Waals surface area contributed by atoms with Crippen LogP contribution in [-0.2, 0) is 5.88 Å². The van der Waals surface area contributed by atoms with Crippen molar-refractivity contribution < 1.29 is 18.7 Å². The fourth-order valence-electron chi connectivity index (χ4n) is 1.02. The zero-order chi connectivity index (χ0) is 11.6. The lowest BCUT2D eigenvalue weighted by molar-refractivity contribution is 0.0694. The van der Waals surface area contributed by atoms with E-state index in [1.165, 1.54) is 0 Å². The van der Waals surface area contributed by atoms with Crippen molar-refractivity contribution in [2.75, 3.05) is 0 Å². The van der Waals surface area contributed by atoms with E-state index in [2.05, 4.69) is 20.9 Å². The van der Waals surface area contributed by atoms with Crippen LogP contribution in [0.15, 0.2) is 10.7 Å². The molecule has 0 amide bonds. The third-order valence-electron chi connectivity index (χ3n) is 1.71. The molecule has 82 valence electrons. The highest BCUT2D eigenvalue weighted by Gasteiger charge is 2.22. The van der Waals surface area contributed by atoms with Gasteiger partial charge in [0.05, 0.1) is 22.7 Å². The molecule has 0 aliphatic carbocycles. The summed E-state index contributed by atoms with van der Waals surface area (Å²) in [5.41, 5.74) is -0.799. The number of nitrogens with zero attached hydrogens (tertiary/aromatic N) is 1. The Hall–Kier alpha value is -0.750. The Labute approximate surface area is 97.2 Å². The van der Waals surface area contributed by atoms with Gasteiger partial charge in [-0.15, -0.1) is 11.6 Å². The van der Waals surface area contributed by atoms with Crippen LogP contribution in [0.25, 0.3) is 0 Å². The van der Waals surface area contributed by atoms with E-state index in [-0.39, 0.29) is 21.6 Å². The Bertz CT molecular complexity index is 400. The Morgan fingerprint density at radius 2 is 2.27 bits per heavy atom. The monoisotopic (exact) mass is 299 g/mol. The molecule has 0 bridgehead atoms. The first kappa shape index (κ1) is 12.3. The van der Waals surface area contributed by atoms with Crippen LogP contribution in [0.3, 0.4) is 0 Å². The number of carboxylic acids is 1. The minimum absolute atomic E-state index is 0.0245. The zero-order valence-electron chi connectivity index (χ0n) is 7.18. The molecule has 0 aliphatic rings. The predicted octanol–water partition coefficient (Wildman–Crippen LogP) is 3.22. The van der Waals surface area contributed by atoms with E-state index in [0.29, 0.717) is 0 Å². The Morgan fingerprint density at radius 1 is 1.67 bits per heavy atom. The largest absolute Gasteiger partial charge is 0.478 e. The maximum absolute atomic E-state index is 12.6. The maximum atomic E-state index is 12.6. The second-order valence-electron chi connectivity index (χ2n) is 2.59. The van der Waals surface area contributed by atoms with Crippen molar-refractivity contribution in [1.29, 1.82) is 0 Å². The Balaban J connectivity index is 3.42. The van der Waals surface area contributed by atoms with Crippen LogP contribution in [0, 0.1) is 0 Å². The third-order valence-corrected chi connectivity index (χ3v) is 2.82. The van der Waals surface area contributed by atoms with Gasteiger partial charge in [-0.25, -0.2) is 13.6 Å². The summed E-state index contributed by atoms with van der Waals surface area (Å²) in [5.74, 6) is -1.52. The van der Waals surface area contributed by atoms with Gasteiger partial charge in [0, 0.05) is 10.7 Å². The van der Waals surface area contributed by atoms with Crippen LogP contribution in [0.2, 0.25) is 0 Å². The summed E-state index contributed by atoms with van der Waals surface area (Å²) in [5, 5.41) is 8.69. The lowest BCUT2D eigenvalue weighted by Crippen LogP contribution is -2.06. The number of aromatic nitrogens is 1. The van der Waals surface area contributed by atoms with Gasteiger partial charge >= 0.3 is 5.97 Å². The van der Waals surface area contributed by atoms with Gasteiger partial charge in [-0.2, -0.15) is 0 Å². The number of hydrogen-bond acceptors (Lipinski definition) is 2. The average molecular weight is 300 g/mol. The van der Waals surface area contributed by atoms with Gasteiger partial charge in [-0.3, -0.25) is 4.98 Å². The molecule has 1 aromatic heterocycles. The minimum atomic E-state index is -2.82. The molecule has 0 spiro atoms. The molecule has 15 heavy (non-hydrogen) atoms. The number of carbonyl (C=O) groups is 1. The first-order chi connectivity index (χ1) is 6.99. The molecule has 0 unspecified atom stereocenters. The topological polar surface area (TPSA) is 50.2 Å². The molecule has 0 saturated carbocycles. The summed E-state index contributed by atoms with van der Waals surface area (Å²) in [6, 6.07) is 0. The van der Waals surface area contributed by atoms with Gasteiger partial charge in [0.1, 0.15) is 0 Å². The molecule has 0 aromatic carbocycles. The first-order valence-corrected chi connectivity index (χ1v) is 5.06. The van der Waals surface area contributed by atoms with Crippen LogP contribution in [0.1, 0.15) is 28.0 Å². The normalized spacial score (nSPS) is 10.7. The molecule has 1 aromatic rings. The highest BCUT2D eigenvalue weighted by Crippen LogP contribution is 2.32. The fraction of sp³-hybridized carbons (Fsp3) is 0.250. The Morgan fingerprint density at radius 3 is 2.67 bits per heavy atom. The van der Waals surface area contributed by atoms with Gasteiger partial charge < -0.3 is 5.11 Å². The molecule has 0 radical (unpaired) electrons. The SMILES string of the molecule is O=C(O)c1cnc(CCl)c(C(F)F)c1Br. The van der Waals surface area contributed by atoms with Crippen molar-refractivity contribution in [3.8, 4) is 0 Å². The van der Waals surface area contributed by atoms with E-state index >= 15 is 0 Å². The molecule has 1 N–H and O–H groups in total. The molecule has 0 atom stereocenters. The van der Waals surface area contributed by atoms with Gasteiger partial charge in [0.25, 0.3) is 6.43 Å². The molecular weight excluding hydrogens is 295 g/mol. The summed E-state index contributed by atoms with van der Waals surface area (Å²) in [6.07, 6.45) is -1.82. The van der Waals surface area contributed by atoms with Crippen LogP contribution in [0.4, 0.5) is 8.78 Å². The number of aromatic carboxylic acids is 1. The van der Waals surface area contributed by atoms with Crippen LogP contribution >= 0.6 is 27.5 Å². The summed E-state index contributed by atoms with van der Waals surface area (Å²) in [6.45, 7) is 0. The van der Waals surface area contributed by atoms with Crippen molar-refractivity contribution in [3.05, 3.63) is 27.5 Å². The summed E-state index contributed by atoms with van der Waals surface area (Å²) >= 11 is 8.23. The van der Waals surface area contributed by atoms with Crippen molar-refractivity contribution >= 4 is 33.5 Å². The molecule has 7 heteroatoms. The zero-order valence-corrected chi connectivity index (χ0v) is 9.52. The molecule has 3 nitrogen and oxygen atoms in total.